The van der Waals surface area contributed by atoms with Crippen LogP contribution in [-0.4, -0.2) is 19.1 Å². The molecule has 0 aromatic heterocycles. The van der Waals surface area contributed by atoms with Crippen LogP contribution in [0.25, 0.3) is 0 Å². The minimum absolute atomic E-state index is 0.183. The molecule has 0 heterocycles. The van der Waals surface area contributed by atoms with Crippen LogP contribution in [0.3, 0.4) is 0 Å². The third-order valence-corrected chi connectivity index (χ3v) is 6.55. The second kappa shape index (κ2) is 10.1. The van der Waals surface area contributed by atoms with E-state index in [0.29, 0.717) is 34.0 Å². The van der Waals surface area contributed by atoms with E-state index in [2.05, 4.69) is 5.32 Å². The Morgan fingerprint density at radius 1 is 1.04 bits per heavy atom. The largest absolute Gasteiger partial charge is 0.423 e. The first-order valence-corrected chi connectivity index (χ1v) is 11.6. The van der Waals surface area contributed by atoms with E-state index >= 15 is 0 Å². The van der Waals surface area contributed by atoms with Crippen molar-refractivity contribution in [3.63, 3.8) is 0 Å². The molecule has 0 aliphatic rings. The van der Waals surface area contributed by atoms with E-state index < -0.39 is 12.6 Å². The van der Waals surface area contributed by atoms with Crippen molar-refractivity contribution in [2.24, 2.45) is 0 Å². The molecular weight excluding hydrogens is 452 g/mol. The number of rotatable bonds is 8. The van der Waals surface area contributed by atoms with Gasteiger partial charge in [0.25, 0.3) is 5.91 Å². The summed E-state index contributed by atoms with van der Waals surface area (Å²) >= 11 is 23.3. The van der Waals surface area contributed by atoms with E-state index in [9.17, 15) is 4.79 Å². The molecule has 2 rings (SSSR count). The number of halogens is 3. The summed E-state index contributed by atoms with van der Waals surface area (Å²) in [6.45, 7) is 1.14. The van der Waals surface area contributed by atoms with Crippen LogP contribution in [0.5, 0.6) is 5.75 Å². The molecule has 1 amide bonds. The number of carbonyl (C=O) groups excluding carboxylic acids is 1. The third kappa shape index (κ3) is 6.33. The molecule has 0 aliphatic carbocycles. The molecule has 0 bridgehead atoms. The number of hydrogen-bond acceptors (Lipinski definition) is 5. The van der Waals surface area contributed by atoms with Gasteiger partial charge < -0.3 is 9.84 Å². The van der Waals surface area contributed by atoms with E-state index in [1.165, 1.54) is 12.1 Å². The summed E-state index contributed by atoms with van der Waals surface area (Å²) < 4.78 is 16.7. The summed E-state index contributed by atoms with van der Waals surface area (Å²) in [7, 11) is 0. The highest BCUT2D eigenvalue weighted by molar-refractivity contribution is 8.07. The minimum Gasteiger partial charge on any atom is -0.423 e. The predicted molar refractivity (Wildman–Crippen MR) is 114 cm³/mol. The topological polar surface area (TPSA) is 56.8 Å². The van der Waals surface area contributed by atoms with Gasteiger partial charge in [-0.1, -0.05) is 34.8 Å². The van der Waals surface area contributed by atoms with Gasteiger partial charge in [0.05, 0.1) is 28.8 Å². The first kappa shape index (κ1) is 22.4. The molecule has 10 heteroatoms. The molecule has 1 N–H and O–H groups in total. The standard InChI is InChI=1S/C17H17Cl3NO4PS/c1-3-23-26(27,24-4-2)25-16-8-5-11(18)9-13(16)17(22)21-12-6-7-14(19)15(20)10-12/h5-10H,3-4H2,1-2H3,(H,21,22). The van der Waals surface area contributed by atoms with E-state index in [-0.39, 0.29) is 11.3 Å². The quantitative estimate of drug-likeness (QED) is 0.444. The highest BCUT2D eigenvalue weighted by Crippen LogP contribution is 2.50. The Morgan fingerprint density at radius 2 is 1.70 bits per heavy atom. The van der Waals surface area contributed by atoms with Crippen LogP contribution in [0.15, 0.2) is 36.4 Å². The van der Waals surface area contributed by atoms with Gasteiger partial charge in [-0.15, -0.1) is 0 Å². The lowest BCUT2D eigenvalue weighted by Crippen LogP contribution is -2.14. The van der Waals surface area contributed by atoms with Crippen LogP contribution in [0.4, 0.5) is 5.69 Å². The highest BCUT2D eigenvalue weighted by Gasteiger charge is 2.25. The van der Waals surface area contributed by atoms with Crippen molar-refractivity contribution in [2.75, 3.05) is 18.5 Å². The zero-order chi connectivity index (χ0) is 20.0. The molecule has 2 aromatic carbocycles. The molecule has 0 spiro atoms. The van der Waals surface area contributed by atoms with E-state index in [1.54, 1.807) is 38.1 Å². The van der Waals surface area contributed by atoms with Crippen LogP contribution < -0.4 is 9.84 Å². The average Bonchev–Trinajstić information content (AvgIpc) is 2.60. The fraction of sp³-hybridized carbons (Fsp3) is 0.235. The summed E-state index contributed by atoms with van der Waals surface area (Å²) in [6, 6.07) is 9.36. The lowest BCUT2D eigenvalue weighted by atomic mass is 10.2. The van der Waals surface area contributed by atoms with Crippen LogP contribution in [0.1, 0.15) is 24.2 Å². The van der Waals surface area contributed by atoms with Gasteiger partial charge in [-0.3, -0.25) is 13.8 Å². The lowest BCUT2D eigenvalue weighted by Gasteiger charge is -2.22. The van der Waals surface area contributed by atoms with Crippen molar-refractivity contribution in [1.82, 2.24) is 0 Å². The Balaban J connectivity index is 2.32. The van der Waals surface area contributed by atoms with Crippen molar-refractivity contribution in [2.45, 2.75) is 13.8 Å². The number of hydrogen-bond donors (Lipinski definition) is 1. The number of anilines is 1. The molecule has 0 unspecified atom stereocenters. The maximum Gasteiger partial charge on any atom is 0.380 e. The first-order valence-electron chi connectivity index (χ1n) is 7.92. The third-order valence-electron chi connectivity index (χ3n) is 3.15. The average molecular weight is 469 g/mol. The highest BCUT2D eigenvalue weighted by atomic mass is 35.5. The van der Waals surface area contributed by atoms with Gasteiger partial charge in [0.1, 0.15) is 5.75 Å². The molecule has 5 nitrogen and oxygen atoms in total. The minimum atomic E-state index is -3.05. The first-order chi connectivity index (χ1) is 12.8. The normalized spacial score (nSPS) is 11.3. The molecule has 0 fully saturated rings. The van der Waals surface area contributed by atoms with Gasteiger partial charge in [0, 0.05) is 22.5 Å². The Kier molecular flexibility index (Phi) is 8.38. The van der Waals surface area contributed by atoms with Gasteiger partial charge in [-0.2, -0.15) is 0 Å². The number of nitrogens with one attached hydrogen (secondary N) is 1. The van der Waals surface area contributed by atoms with Crippen molar-refractivity contribution < 1.29 is 18.4 Å². The van der Waals surface area contributed by atoms with Crippen molar-refractivity contribution in [3.05, 3.63) is 57.0 Å². The Bertz CT molecular complexity index is 871. The maximum atomic E-state index is 12.8. The van der Waals surface area contributed by atoms with E-state index in [1.807, 2.05) is 0 Å². The Hall–Kier alpha value is -0.850. The summed E-state index contributed by atoms with van der Waals surface area (Å²) in [6.07, 6.45) is 0. The lowest BCUT2D eigenvalue weighted by molar-refractivity contribution is 0.102. The molecule has 0 saturated carbocycles. The summed E-state index contributed by atoms with van der Waals surface area (Å²) in [4.78, 5) is 12.8. The van der Waals surface area contributed by atoms with Crippen LogP contribution in [-0.2, 0) is 20.9 Å². The molecular formula is C17H17Cl3NO4PS. The van der Waals surface area contributed by atoms with Gasteiger partial charge in [0.2, 0.25) is 0 Å². The fourth-order valence-electron chi connectivity index (χ4n) is 2.06. The molecule has 146 valence electrons. The Labute approximate surface area is 178 Å². The number of benzene rings is 2. The van der Waals surface area contributed by atoms with Crippen LogP contribution in [0.2, 0.25) is 15.1 Å². The van der Waals surface area contributed by atoms with Gasteiger partial charge in [-0.25, -0.2) is 0 Å². The summed E-state index contributed by atoms with van der Waals surface area (Å²) in [5, 5.41) is 3.79. The maximum absolute atomic E-state index is 12.8. The van der Waals surface area contributed by atoms with E-state index in [4.69, 9.17) is 60.2 Å². The summed E-state index contributed by atoms with van der Waals surface area (Å²) in [5.74, 6) is -0.248. The van der Waals surface area contributed by atoms with Gasteiger partial charge in [0.15, 0.2) is 0 Å². The molecule has 27 heavy (non-hydrogen) atoms. The predicted octanol–water partition coefficient (Wildman–Crippen LogP) is 6.58. The molecule has 0 aliphatic heterocycles. The zero-order valence-electron chi connectivity index (χ0n) is 14.5. The van der Waals surface area contributed by atoms with Crippen molar-refractivity contribution in [3.8, 4) is 5.75 Å². The molecule has 0 saturated heterocycles. The SMILES string of the molecule is CCOP(=S)(OCC)Oc1ccc(Cl)cc1C(=O)Nc1ccc(Cl)c(Cl)c1. The monoisotopic (exact) mass is 467 g/mol. The Morgan fingerprint density at radius 3 is 2.30 bits per heavy atom. The smallest absolute Gasteiger partial charge is 0.380 e. The van der Waals surface area contributed by atoms with Gasteiger partial charge >= 0.3 is 6.72 Å². The van der Waals surface area contributed by atoms with Crippen LogP contribution in [0, 0.1) is 0 Å². The number of amides is 1. The zero-order valence-corrected chi connectivity index (χ0v) is 18.5. The van der Waals surface area contributed by atoms with Gasteiger partial charge in [-0.05, 0) is 50.2 Å². The fourth-order valence-corrected chi connectivity index (χ4v) is 4.61. The van der Waals surface area contributed by atoms with Crippen LogP contribution >= 0.6 is 41.5 Å². The number of carbonyl (C=O) groups is 1. The molecule has 0 radical (unpaired) electrons. The molecule has 0 atom stereocenters. The second-order valence-electron chi connectivity index (χ2n) is 5.10. The van der Waals surface area contributed by atoms with Crippen molar-refractivity contribution >= 4 is 64.9 Å². The van der Waals surface area contributed by atoms with E-state index in [0.717, 1.165) is 0 Å². The van der Waals surface area contributed by atoms with Crippen molar-refractivity contribution in [1.29, 1.82) is 0 Å². The second-order valence-corrected chi connectivity index (χ2v) is 9.28. The summed E-state index contributed by atoms with van der Waals surface area (Å²) in [5.41, 5.74) is 0.650. The molecule has 2 aromatic rings.